The van der Waals surface area contributed by atoms with Crippen LogP contribution in [0.1, 0.15) is 24.5 Å². The van der Waals surface area contributed by atoms with E-state index in [-0.39, 0.29) is 6.03 Å². The largest absolute Gasteiger partial charge is 0.382 e. The first kappa shape index (κ1) is 19.4. The SMILES string of the molecule is Cn1nc(N)c2c(-c3ccc(NC(=O)Nc4ccccc4Cl)cc3)cc(C3CC3)nc21. The first-order chi connectivity index (χ1) is 15.0. The lowest BCUT2D eigenvalue weighted by Gasteiger charge is -2.11. The maximum absolute atomic E-state index is 12.3. The Morgan fingerprint density at radius 1 is 1.13 bits per heavy atom. The fourth-order valence-electron chi connectivity index (χ4n) is 3.69. The van der Waals surface area contributed by atoms with Gasteiger partial charge in [-0.15, -0.1) is 0 Å². The van der Waals surface area contributed by atoms with Crippen molar-refractivity contribution in [1.82, 2.24) is 14.8 Å². The van der Waals surface area contributed by atoms with E-state index in [9.17, 15) is 4.79 Å². The molecule has 0 radical (unpaired) electrons. The van der Waals surface area contributed by atoms with Crippen molar-refractivity contribution in [2.24, 2.45) is 7.05 Å². The van der Waals surface area contributed by atoms with Gasteiger partial charge >= 0.3 is 6.03 Å². The van der Waals surface area contributed by atoms with Crippen molar-refractivity contribution in [3.05, 3.63) is 65.3 Å². The van der Waals surface area contributed by atoms with Crippen molar-refractivity contribution < 1.29 is 4.79 Å². The number of aryl methyl sites for hydroxylation is 1. The van der Waals surface area contributed by atoms with Crippen LogP contribution in [0.2, 0.25) is 5.02 Å². The number of amides is 2. The van der Waals surface area contributed by atoms with Gasteiger partial charge in [0.1, 0.15) is 0 Å². The minimum atomic E-state index is -0.361. The summed E-state index contributed by atoms with van der Waals surface area (Å²) in [5.74, 6) is 0.970. The Balaban J connectivity index is 1.42. The third-order valence-corrected chi connectivity index (χ3v) is 5.74. The average molecular weight is 433 g/mol. The highest BCUT2D eigenvalue weighted by Crippen LogP contribution is 2.42. The first-order valence-electron chi connectivity index (χ1n) is 10.1. The number of hydrogen-bond acceptors (Lipinski definition) is 4. The molecule has 2 aromatic heterocycles. The molecule has 8 heteroatoms. The second-order valence-electron chi connectivity index (χ2n) is 7.71. The summed E-state index contributed by atoms with van der Waals surface area (Å²) in [4.78, 5) is 17.1. The molecule has 1 aliphatic carbocycles. The van der Waals surface area contributed by atoms with E-state index >= 15 is 0 Å². The lowest BCUT2D eigenvalue weighted by atomic mass is 10.0. The molecule has 1 fully saturated rings. The van der Waals surface area contributed by atoms with Crippen LogP contribution in [0.25, 0.3) is 22.2 Å². The molecular formula is C23H21ClN6O. The minimum Gasteiger partial charge on any atom is -0.382 e. The second-order valence-corrected chi connectivity index (χ2v) is 8.12. The van der Waals surface area contributed by atoms with Gasteiger partial charge in [-0.2, -0.15) is 5.10 Å². The lowest BCUT2D eigenvalue weighted by molar-refractivity contribution is 0.262. The number of para-hydroxylation sites is 1. The molecule has 4 N–H and O–H groups in total. The molecule has 0 spiro atoms. The van der Waals surface area contributed by atoms with E-state index in [1.807, 2.05) is 43.4 Å². The summed E-state index contributed by atoms with van der Waals surface area (Å²) < 4.78 is 1.73. The summed E-state index contributed by atoms with van der Waals surface area (Å²) in [6.07, 6.45) is 2.32. The molecule has 0 saturated heterocycles. The quantitative estimate of drug-likeness (QED) is 0.402. The third-order valence-electron chi connectivity index (χ3n) is 5.41. The van der Waals surface area contributed by atoms with Gasteiger partial charge in [0.15, 0.2) is 11.5 Å². The van der Waals surface area contributed by atoms with Crippen LogP contribution >= 0.6 is 11.6 Å². The van der Waals surface area contributed by atoms with Crippen LogP contribution < -0.4 is 16.4 Å². The predicted octanol–water partition coefficient (Wildman–Crippen LogP) is 5.39. The Bertz CT molecular complexity index is 1290. The summed E-state index contributed by atoms with van der Waals surface area (Å²) in [5, 5.41) is 11.3. The zero-order valence-corrected chi connectivity index (χ0v) is 17.6. The number of fused-ring (bicyclic) bond motifs is 1. The Hall–Kier alpha value is -3.58. The molecule has 2 aromatic carbocycles. The standard InChI is InChI=1S/C23H21ClN6O/c1-30-22-20(21(25)29-30)16(12-19(27-22)14-6-7-14)13-8-10-15(11-9-13)26-23(31)28-18-5-3-2-4-17(18)24/h2-5,8-12,14H,6-7H2,1H3,(H2,25,29)(H2,26,28,31). The van der Waals surface area contributed by atoms with E-state index in [1.54, 1.807) is 16.8 Å². The van der Waals surface area contributed by atoms with Gasteiger partial charge < -0.3 is 16.4 Å². The minimum absolute atomic E-state index is 0.361. The molecule has 2 heterocycles. The number of nitrogens with two attached hydrogens (primary N) is 1. The van der Waals surface area contributed by atoms with Crippen molar-refractivity contribution in [3.63, 3.8) is 0 Å². The van der Waals surface area contributed by atoms with Gasteiger partial charge in [-0.1, -0.05) is 35.9 Å². The van der Waals surface area contributed by atoms with Crippen molar-refractivity contribution in [1.29, 1.82) is 0 Å². The van der Waals surface area contributed by atoms with Gasteiger partial charge in [-0.05, 0) is 54.3 Å². The molecule has 0 aliphatic heterocycles. The van der Waals surface area contributed by atoms with Crippen LogP contribution in [0.5, 0.6) is 0 Å². The van der Waals surface area contributed by atoms with Crippen LogP contribution in [-0.4, -0.2) is 20.8 Å². The number of nitrogens with one attached hydrogen (secondary N) is 2. The first-order valence-corrected chi connectivity index (χ1v) is 10.4. The lowest BCUT2D eigenvalue weighted by Crippen LogP contribution is -2.19. The summed E-state index contributed by atoms with van der Waals surface area (Å²) in [7, 11) is 1.86. The van der Waals surface area contributed by atoms with Gasteiger partial charge in [-0.25, -0.2) is 14.5 Å². The monoisotopic (exact) mass is 432 g/mol. The zero-order chi connectivity index (χ0) is 21.5. The number of halogens is 1. The Morgan fingerprint density at radius 3 is 2.58 bits per heavy atom. The van der Waals surface area contributed by atoms with E-state index < -0.39 is 0 Å². The molecule has 0 unspecified atom stereocenters. The molecular weight excluding hydrogens is 412 g/mol. The molecule has 0 bridgehead atoms. The van der Waals surface area contributed by atoms with Gasteiger partial charge in [-0.3, -0.25) is 0 Å². The summed E-state index contributed by atoms with van der Waals surface area (Å²) in [6.45, 7) is 0. The topological polar surface area (TPSA) is 97.9 Å². The number of carbonyl (C=O) groups is 1. The van der Waals surface area contributed by atoms with Gasteiger partial charge in [0.05, 0.1) is 16.1 Å². The molecule has 7 nitrogen and oxygen atoms in total. The Kier molecular flexibility index (Phi) is 4.75. The van der Waals surface area contributed by atoms with Crippen molar-refractivity contribution in [3.8, 4) is 11.1 Å². The second kappa shape index (κ2) is 7.59. The van der Waals surface area contributed by atoms with E-state index in [1.165, 1.54) is 0 Å². The maximum Gasteiger partial charge on any atom is 0.323 e. The van der Waals surface area contributed by atoms with Gasteiger partial charge in [0.2, 0.25) is 0 Å². The number of anilines is 3. The van der Waals surface area contributed by atoms with Crippen LogP contribution in [0, 0.1) is 0 Å². The van der Waals surface area contributed by atoms with Crippen LogP contribution in [0.4, 0.5) is 22.0 Å². The number of benzene rings is 2. The third kappa shape index (κ3) is 3.80. The van der Waals surface area contributed by atoms with Crippen molar-refractivity contribution >= 4 is 45.9 Å². The predicted molar refractivity (Wildman–Crippen MR) is 124 cm³/mol. The van der Waals surface area contributed by atoms with Gasteiger partial charge in [0.25, 0.3) is 0 Å². The van der Waals surface area contributed by atoms with E-state index in [0.717, 1.165) is 40.7 Å². The fourth-order valence-corrected chi connectivity index (χ4v) is 3.88. The van der Waals surface area contributed by atoms with Crippen LogP contribution in [-0.2, 0) is 7.05 Å². The number of aromatic nitrogens is 3. The number of rotatable bonds is 4. The molecule has 1 aliphatic rings. The van der Waals surface area contributed by atoms with Gasteiger partial charge in [0, 0.05) is 24.3 Å². The molecule has 1 saturated carbocycles. The number of nitrogens with zero attached hydrogens (tertiary/aromatic N) is 3. The molecule has 2 amide bonds. The highest BCUT2D eigenvalue weighted by molar-refractivity contribution is 6.33. The molecule has 5 rings (SSSR count). The fraction of sp³-hybridized carbons (Fsp3) is 0.174. The summed E-state index contributed by atoms with van der Waals surface area (Å²) in [6, 6.07) is 16.5. The Labute approximate surface area is 184 Å². The van der Waals surface area contributed by atoms with Crippen LogP contribution in [0.15, 0.2) is 54.6 Å². The maximum atomic E-state index is 12.3. The number of pyridine rings is 1. The zero-order valence-electron chi connectivity index (χ0n) is 16.9. The highest BCUT2D eigenvalue weighted by Gasteiger charge is 2.27. The highest BCUT2D eigenvalue weighted by atomic mass is 35.5. The number of nitrogen functional groups attached to an aromatic ring is 1. The molecule has 156 valence electrons. The summed E-state index contributed by atoms with van der Waals surface area (Å²) >= 11 is 6.10. The molecule has 0 atom stereocenters. The normalized spacial score (nSPS) is 13.4. The average Bonchev–Trinajstić information content (AvgIpc) is 3.56. The van der Waals surface area contributed by atoms with Crippen LogP contribution in [0.3, 0.4) is 0 Å². The number of urea groups is 1. The van der Waals surface area contributed by atoms with E-state index in [0.29, 0.717) is 28.1 Å². The van der Waals surface area contributed by atoms with Crippen molar-refractivity contribution in [2.45, 2.75) is 18.8 Å². The van der Waals surface area contributed by atoms with Crippen molar-refractivity contribution in [2.75, 3.05) is 16.4 Å². The number of carbonyl (C=O) groups excluding carboxylic acids is 1. The van der Waals surface area contributed by atoms with E-state index in [2.05, 4.69) is 21.8 Å². The van der Waals surface area contributed by atoms with E-state index in [4.69, 9.17) is 22.3 Å². The smallest absolute Gasteiger partial charge is 0.323 e. The number of hydrogen-bond donors (Lipinski definition) is 3. The summed E-state index contributed by atoms with van der Waals surface area (Å²) in [5.41, 5.74) is 11.3. The molecule has 4 aromatic rings. The molecule has 31 heavy (non-hydrogen) atoms. The Morgan fingerprint density at radius 2 is 1.87 bits per heavy atom.